The summed E-state index contributed by atoms with van der Waals surface area (Å²) < 4.78 is 0. The number of hydrogen-bond donors (Lipinski definition) is 1. The molecule has 1 N–H and O–H groups in total. The topological polar surface area (TPSA) is 12.0 Å². The molecule has 1 rings (SSSR count). The van der Waals surface area contributed by atoms with Crippen LogP contribution < -0.4 is 5.32 Å². The molecule has 0 bridgehead atoms. The van der Waals surface area contributed by atoms with Crippen molar-refractivity contribution in [2.75, 3.05) is 6.54 Å². The first kappa shape index (κ1) is 8.06. The summed E-state index contributed by atoms with van der Waals surface area (Å²) in [5.74, 6) is 0. The molecule has 1 heteroatoms. The Balaban J connectivity index is 2.13. The molecule has 0 radical (unpaired) electrons. The zero-order valence-electron chi connectivity index (χ0n) is 7.41. The Kier molecular flexibility index (Phi) is 2.35. The van der Waals surface area contributed by atoms with Crippen LogP contribution in [0.15, 0.2) is 0 Å². The van der Waals surface area contributed by atoms with Crippen LogP contribution in [0.25, 0.3) is 0 Å². The fraction of sp³-hybridized carbons (Fsp3) is 1.00. The standard InChI is InChI=1S/C9H19N/c1-4-9(5-6-9)7-10-8(2)3/h8,10H,4-7H2,1-3H3. The summed E-state index contributed by atoms with van der Waals surface area (Å²) in [5.41, 5.74) is 0.713. The lowest BCUT2D eigenvalue weighted by molar-refractivity contribution is 0.420. The highest BCUT2D eigenvalue weighted by Crippen LogP contribution is 2.47. The predicted octanol–water partition coefficient (Wildman–Crippen LogP) is 2.17. The Labute approximate surface area is 64.2 Å². The Hall–Kier alpha value is -0.0400. The van der Waals surface area contributed by atoms with Gasteiger partial charge in [0.25, 0.3) is 0 Å². The SMILES string of the molecule is CCC1(CNC(C)C)CC1. The lowest BCUT2D eigenvalue weighted by Crippen LogP contribution is -2.29. The van der Waals surface area contributed by atoms with Gasteiger partial charge in [-0.05, 0) is 24.7 Å². The minimum absolute atomic E-state index is 0.657. The first-order chi connectivity index (χ1) is 4.68. The summed E-state index contributed by atoms with van der Waals surface area (Å²) in [6.07, 6.45) is 4.25. The highest BCUT2D eigenvalue weighted by Gasteiger charge is 2.39. The molecule has 60 valence electrons. The van der Waals surface area contributed by atoms with E-state index in [1.165, 1.54) is 25.8 Å². The van der Waals surface area contributed by atoms with Gasteiger partial charge in [-0.15, -0.1) is 0 Å². The van der Waals surface area contributed by atoms with E-state index in [9.17, 15) is 0 Å². The molecule has 0 amide bonds. The third kappa shape index (κ3) is 1.98. The number of rotatable bonds is 4. The molecule has 0 heterocycles. The van der Waals surface area contributed by atoms with Crippen molar-refractivity contribution in [3.8, 4) is 0 Å². The van der Waals surface area contributed by atoms with Gasteiger partial charge in [-0.3, -0.25) is 0 Å². The third-order valence-electron chi connectivity index (χ3n) is 2.59. The highest BCUT2D eigenvalue weighted by molar-refractivity contribution is 4.93. The van der Waals surface area contributed by atoms with E-state index in [0.29, 0.717) is 11.5 Å². The lowest BCUT2D eigenvalue weighted by Gasteiger charge is -2.15. The van der Waals surface area contributed by atoms with Gasteiger partial charge in [-0.25, -0.2) is 0 Å². The Bertz CT molecular complexity index is 103. The van der Waals surface area contributed by atoms with Gasteiger partial charge in [0.2, 0.25) is 0 Å². The fourth-order valence-electron chi connectivity index (χ4n) is 1.25. The monoisotopic (exact) mass is 141 g/mol. The van der Waals surface area contributed by atoms with Gasteiger partial charge in [0, 0.05) is 12.6 Å². The van der Waals surface area contributed by atoms with Crippen LogP contribution in [-0.4, -0.2) is 12.6 Å². The zero-order valence-corrected chi connectivity index (χ0v) is 7.41. The summed E-state index contributed by atoms with van der Waals surface area (Å²) in [6, 6.07) is 0.657. The smallest absolute Gasteiger partial charge is 0.00106 e. The van der Waals surface area contributed by atoms with Gasteiger partial charge < -0.3 is 5.32 Å². The van der Waals surface area contributed by atoms with E-state index in [4.69, 9.17) is 0 Å². The number of nitrogens with one attached hydrogen (secondary N) is 1. The quantitative estimate of drug-likeness (QED) is 0.632. The Morgan fingerprint density at radius 2 is 2.00 bits per heavy atom. The van der Waals surface area contributed by atoms with Gasteiger partial charge >= 0.3 is 0 Å². The molecule has 1 aliphatic carbocycles. The maximum atomic E-state index is 3.50. The molecular weight excluding hydrogens is 122 g/mol. The van der Waals surface area contributed by atoms with E-state index in [0.717, 1.165) is 0 Å². The molecule has 10 heavy (non-hydrogen) atoms. The van der Waals surface area contributed by atoms with Crippen LogP contribution >= 0.6 is 0 Å². The first-order valence-electron chi connectivity index (χ1n) is 4.42. The molecular formula is C9H19N. The van der Waals surface area contributed by atoms with E-state index in [2.05, 4.69) is 26.1 Å². The molecule has 0 aliphatic heterocycles. The average Bonchev–Trinajstić information content (AvgIpc) is 2.64. The molecule has 0 aromatic rings. The van der Waals surface area contributed by atoms with Gasteiger partial charge in [-0.2, -0.15) is 0 Å². The normalized spacial score (nSPS) is 21.6. The van der Waals surface area contributed by atoms with E-state index < -0.39 is 0 Å². The second-order valence-electron chi connectivity index (χ2n) is 3.89. The maximum absolute atomic E-state index is 3.50. The van der Waals surface area contributed by atoms with Crippen molar-refractivity contribution in [2.24, 2.45) is 5.41 Å². The average molecular weight is 141 g/mol. The molecule has 1 aliphatic rings. The van der Waals surface area contributed by atoms with E-state index in [1.54, 1.807) is 0 Å². The summed E-state index contributed by atoms with van der Waals surface area (Å²) in [4.78, 5) is 0. The molecule has 0 aromatic heterocycles. The largest absolute Gasteiger partial charge is 0.314 e. The van der Waals surface area contributed by atoms with Crippen LogP contribution in [0.5, 0.6) is 0 Å². The molecule has 1 saturated carbocycles. The van der Waals surface area contributed by atoms with Crippen molar-refractivity contribution in [3.63, 3.8) is 0 Å². The van der Waals surface area contributed by atoms with Gasteiger partial charge in [0.15, 0.2) is 0 Å². The lowest BCUT2D eigenvalue weighted by atomic mass is 10.0. The summed E-state index contributed by atoms with van der Waals surface area (Å²) in [5, 5.41) is 3.50. The van der Waals surface area contributed by atoms with Crippen molar-refractivity contribution in [2.45, 2.75) is 46.1 Å². The van der Waals surface area contributed by atoms with Crippen molar-refractivity contribution in [1.82, 2.24) is 5.32 Å². The van der Waals surface area contributed by atoms with Crippen molar-refractivity contribution < 1.29 is 0 Å². The van der Waals surface area contributed by atoms with E-state index in [1.807, 2.05) is 0 Å². The maximum Gasteiger partial charge on any atom is 0.00106 e. The minimum atomic E-state index is 0.657. The van der Waals surface area contributed by atoms with Crippen molar-refractivity contribution in [1.29, 1.82) is 0 Å². The summed E-state index contributed by atoms with van der Waals surface area (Å²) in [7, 11) is 0. The Morgan fingerprint density at radius 1 is 1.40 bits per heavy atom. The highest BCUT2D eigenvalue weighted by atomic mass is 14.9. The third-order valence-corrected chi connectivity index (χ3v) is 2.59. The van der Waals surface area contributed by atoms with E-state index in [-0.39, 0.29) is 0 Å². The second-order valence-corrected chi connectivity index (χ2v) is 3.89. The first-order valence-corrected chi connectivity index (χ1v) is 4.42. The minimum Gasteiger partial charge on any atom is -0.314 e. The molecule has 0 saturated heterocycles. The van der Waals surface area contributed by atoms with Gasteiger partial charge in [0.05, 0.1) is 0 Å². The van der Waals surface area contributed by atoms with Gasteiger partial charge in [-0.1, -0.05) is 20.8 Å². The molecule has 0 unspecified atom stereocenters. The van der Waals surface area contributed by atoms with Gasteiger partial charge in [0.1, 0.15) is 0 Å². The van der Waals surface area contributed by atoms with Crippen molar-refractivity contribution >= 4 is 0 Å². The molecule has 0 aromatic carbocycles. The molecule has 1 fully saturated rings. The van der Waals surface area contributed by atoms with Crippen LogP contribution in [0.3, 0.4) is 0 Å². The van der Waals surface area contributed by atoms with Crippen molar-refractivity contribution in [3.05, 3.63) is 0 Å². The predicted molar refractivity (Wildman–Crippen MR) is 45.1 cm³/mol. The number of hydrogen-bond acceptors (Lipinski definition) is 1. The summed E-state index contributed by atoms with van der Waals surface area (Å²) in [6.45, 7) is 7.97. The van der Waals surface area contributed by atoms with Crippen LogP contribution in [0.2, 0.25) is 0 Å². The van der Waals surface area contributed by atoms with Crippen LogP contribution in [0.1, 0.15) is 40.0 Å². The van der Waals surface area contributed by atoms with Crippen LogP contribution in [0, 0.1) is 5.41 Å². The fourth-order valence-corrected chi connectivity index (χ4v) is 1.25. The van der Waals surface area contributed by atoms with Crippen LogP contribution in [-0.2, 0) is 0 Å². The zero-order chi connectivity index (χ0) is 7.61. The van der Waals surface area contributed by atoms with E-state index >= 15 is 0 Å². The molecule has 0 atom stereocenters. The summed E-state index contributed by atoms with van der Waals surface area (Å²) >= 11 is 0. The molecule has 0 spiro atoms. The Morgan fingerprint density at radius 3 is 2.30 bits per heavy atom. The second kappa shape index (κ2) is 2.91. The van der Waals surface area contributed by atoms with Crippen LogP contribution in [0.4, 0.5) is 0 Å². The molecule has 1 nitrogen and oxygen atoms in total.